The van der Waals surface area contributed by atoms with Gasteiger partial charge in [0.05, 0.1) is 0 Å². The molecular formula is C16H25NOS. The van der Waals surface area contributed by atoms with Crippen LogP contribution in [0.2, 0.25) is 0 Å². The van der Waals surface area contributed by atoms with E-state index in [4.69, 9.17) is 0 Å². The summed E-state index contributed by atoms with van der Waals surface area (Å²) in [5.41, 5.74) is 1.04. The standard InChI is InChI=1S/C16H25NOS/c1-3-15(14-7-5-6-8-16(14)18)17-12-9-10-13(11-12)19-4-2/h5-8,12-13,15,17-18H,3-4,9-11H2,1-2H3. The number of benzene rings is 1. The topological polar surface area (TPSA) is 32.3 Å². The maximum atomic E-state index is 9.98. The van der Waals surface area contributed by atoms with Crippen LogP contribution in [0.3, 0.4) is 0 Å². The first kappa shape index (κ1) is 14.7. The third kappa shape index (κ3) is 3.90. The van der Waals surface area contributed by atoms with Crippen LogP contribution in [-0.4, -0.2) is 22.2 Å². The number of aromatic hydroxyl groups is 1. The van der Waals surface area contributed by atoms with Crippen molar-refractivity contribution in [1.82, 2.24) is 5.32 Å². The molecule has 3 unspecified atom stereocenters. The van der Waals surface area contributed by atoms with Gasteiger partial charge < -0.3 is 10.4 Å². The van der Waals surface area contributed by atoms with E-state index in [9.17, 15) is 5.11 Å². The Labute approximate surface area is 121 Å². The van der Waals surface area contributed by atoms with Crippen LogP contribution in [0.4, 0.5) is 0 Å². The van der Waals surface area contributed by atoms with E-state index in [1.54, 1.807) is 6.07 Å². The van der Waals surface area contributed by atoms with Crippen molar-refractivity contribution in [3.63, 3.8) is 0 Å². The van der Waals surface area contributed by atoms with Gasteiger partial charge in [0.1, 0.15) is 5.75 Å². The fraction of sp³-hybridized carbons (Fsp3) is 0.625. The van der Waals surface area contributed by atoms with E-state index < -0.39 is 0 Å². The molecule has 2 nitrogen and oxygen atoms in total. The molecule has 106 valence electrons. The number of phenols is 1. The van der Waals surface area contributed by atoms with Crippen LogP contribution >= 0.6 is 11.8 Å². The molecule has 2 N–H and O–H groups in total. The highest BCUT2D eigenvalue weighted by atomic mass is 32.2. The van der Waals surface area contributed by atoms with Gasteiger partial charge in [-0.1, -0.05) is 32.0 Å². The van der Waals surface area contributed by atoms with Crippen molar-refractivity contribution in [3.8, 4) is 5.75 Å². The predicted octanol–water partition coefficient (Wildman–Crippen LogP) is 4.11. The second kappa shape index (κ2) is 7.20. The zero-order valence-corrected chi connectivity index (χ0v) is 12.7. The monoisotopic (exact) mass is 279 g/mol. The molecule has 1 saturated carbocycles. The molecule has 1 aromatic rings. The van der Waals surface area contributed by atoms with Gasteiger partial charge in [0, 0.05) is 22.9 Å². The van der Waals surface area contributed by atoms with Gasteiger partial charge >= 0.3 is 0 Å². The summed E-state index contributed by atoms with van der Waals surface area (Å²) in [5, 5.41) is 14.5. The van der Waals surface area contributed by atoms with Gasteiger partial charge in [-0.15, -0.1) is 0 Å². The fourth-order valence-corrected chi connectivity index (χ4v) is 4.12. The molecule has 0 aromatic heterocycles. The van der Waals surface area contributed by atoms with E-state index in [2.05, 4.69) is 30.9 Å². The molecule has 1 aromatic carbocycles. The van der Waals surface area contributed by atoms with Crippen LogP contribution in [0, 0.1) is 0 Å². The van der Waals surface area contributed by atoms with E-state index in [0.29, 0.717) is 11.8 Å². The van der Waals surface area contributed by atoms with Gasteiger partial charge in [-0.25, -0.2) is 0 Å². The zero-order chi connectivity index (χ0) is 13.7. The lowest BCUT2D eigenvalue weighted by Crippen LogP contribution is -2.31. The largest absolute Gasteiger partial charge is 0.508 e. The molecule has 3 atom stereocenters. The first-order valence-electron chi connectivity index (χ1n) is 7.40. The average Bonchev–Trinajstić information content (AvgIpc) is 2.85. The van der Waals surface area contributed by atoms with Gasteiger partial charge in [-0.2, -0.15) is 11.8 Å². The fourth-order valence-electron chi connectivity index (χ4n) is 2.97. The smallest absolute Gasteiger partial charge is 0.120 e. The SMILES string of the molecule is CCSC1CCC(NC(CC)c2ccccc2O)C1. The molecule has 0 radical (unpaired) electrons. The number of para-hydroxylation sites is 1. The number of phenolic OH excluding ortho intramolecular Hbond substituents is 1. The number of hydrogen-bond acceptors (Lipinski definition) is 3. The minimum Gasteiger partial charge on any atom is -0.508 e. The summed E-state index contributed by atoms with van der Waals surface area (Å²) in [6.07, 6.45) is 4.87. The van der Waals surface area contributed by atoms with Crippen LogP contribution in [0.5, 0.6) is 5.75 Å². The van der Waals surface area contributed by atoms with Gasteiger partial charge in [0.25, 0.3) is 0 Å². The molecular weight excluding hydrogens is 254 g/mol. The third-order valence-electron chi connectivity index (χ3n) is 3.94. The van der Waals surface area contributed by atoms with Gasteiger partial charge in [-0.05, 0) is 37.5 Å². The van der Waals surface area contributed by atoms with Crippen LogP contribution in [0.15, 0.2) is 24.3 Å². The van der Waals surface area contributed by atoms with E-state index in [0.717, 1.165) is 17.2 Å². The lowest BCUT2D eigenvalue weighted by atomic mass is 10.0. The van der Waals surface area contributed by atoms with E-state index >= 15 is 0 Å². The second-order valence-corrected chi connectivity index (χ2v) is 6.85. The van der Waals surface area contributed by atoms with Crippen molar-refractivity contribution in [3.05, 3.63) is 29.8 Å². The quantitative estimate of drug-likeness (QED) is 0.822. The van der Waals surface area contributed by atoms with Crippen molar-refractivity contribution in [2.24, 2.45) is 0 Å². The Bertz CT molecular complexity index is 396. The molecule has 0 aliphatic heterocycles. The molecule has 0 saturated heterocycles. The number of hydrogen-bond donors (Lipinski definition) is 2. The van der Waals surface area contributed by atoms with Crippen molar-refractivity contribution < 1.29 is 5.11 Å². The molecule has 1 aliphatic rings. The van der Waals surface area contributed by atoms with E-state index in [1.165, 1.54) is 25.0 Å². The summed E-state index contributed by atoms with van der Waals surface area (Å²) in [7, 11) is 0. The Balaban J connectivity index is 1.95. The first-order valence-corrected chi connectivity index (χ1v) is 8.45. The lowest BCUT2D eigenvalue weighted by molar-refractivity contribution is 0.406. The molecule has 2 rings (SSSR count). The summed E-state index contributed by atoms with van der Waals surface area (Å²) in [5.74, 6) is 1.63. The highest BCUT2D eigenvalue weighted by Gasteiger charge is 2.26. The van der Waals surface area contributed by atoms with Crippen molar-refractivity contribution in [2.45, 2.75) is 56.9 Å². The normalized spacial score (nSPS) is 24.5. The summed E-state index contributed by atoms with van der Waals surface area (Å²) < 4.78 is 0. The maximum Gasteiger partial charge on any atom is 0.120 e. The molecule has 0 amide bonds. The molecule has 19 heavy (non-hydrogen) atoms. The molecule has 0 heterocycles. The maximum absolute atomic E-state index is 9.98. The Hall–Kier alpha value is -0.670. The Kier molecular flexibility index (Phi) is 5.59. The van der Waals surface area contributed by atoms with Crippen LogP contribution in [0.1, 0.15) is 51.1 Å². The molecule has 0 spiro atoms. The number of nitrogens with one attached hydrogen (secondary N) is 1. The van der Waals surface area contributed by atoms with Crippen LogP contribution in [0.25, 0.3) is 0 Å². The summed E-state index contributed by atoms with van der Waals surface area (Å²) in [6, 6.07) is 8.58. The minimum atomic E-state index is 0.275. The lowest BCUT2D eigenvalue weighted by Gasteiger charge is -2.23. The summed E-state index contributed by atoms with van der Waals surface area (Å²) >= 11 is 2.09. The van der Waals surface area contributed by atoms with Crippen molar-refractivity contribution in [2.75, 3.05) is 5.75 Å². The van der Waals surface area contributed by atoms with E-state index in [-0.39, 0.29) is 6.04 Å². The third-order valence-corrected chi connectivity index (χ3v) is 5.18. The Morgan fingerprint density at radius 2 is 2.11 bits per heavy atom. The minimum absolute atomic E-state index is 0.275. The Morgan fingerprint density at radius 1 is 1.32 bits per heavy atom. The first-order chi connectivity index (χ1) is 9.24. The number of rotatable bonds is 6. The van der Waals surface area contributed by atoms with E-state index in [1.807, 2.05) is 18.2 Å². The Morgan fingerprint density at radius 3 is 2.79 bits per heavy atom. The highest BCUT2D eigenvalue weighted by Crippen LogP contribution is 2.33. The molecule has 0 bridgehead atoms. The summed E-state index contributed by atoms with van der Waals surface area (Å²) in [4.78, 5) is 0. The number of thioether (sulfide) groups is 1. The predicted molar refractivity (Wildman–Crippen MR) is 83.8 cm³/mol. The second-order valence-electron chi connectivity index (χ2n) is 5.27. The van der Waals surface area contributed by atoms with Gasteiger partial charge in [0.2, 0.25) is 0 Å². The molecule has 1 fully saturated rings. The zero-order valence-electron chi connectivity index (χ0n) is 11.9. The van der Waals surface area contributed by atoms with Gasteiger partial charge in [-0.3, -0.25) is 0 Å². The van der Waals surface area contributed by atoms with Crippen molar-refractivity contribution in [1.29, 1.82) is 0 Å². The van der Waals surface area contributed by atoms with Gasteiger partial charge in [0.15, 0.2) is 0 Å². The van der Waals surface area contributed by atoms with Crippen molar-refractivity contribution >= 4 is 11.8 Å². The molecule has 3 heteroatoms. The van der Waals surface area contributed by atoms with Crippen LogP contribution < -0.4 is 5.32 Å². The van der Waals surface area contributed by atoms with Crippen LogP contribution in [-0.2, 0) is 0 Å². The average molecular weight is 279 g/mol. The highest BCUT2D eigenvalue weighted by molar-refractivity contribution is 7.99. The summed E-state index contributed by atoms with van der Waals surface area (Å²) in [6.45, 7) is 4.42. The molecule has 1 aliphatic carbocycles.